The van der Waals surface area contributed by atoms with Crippen LogP contribution in [0.25, 0.3) is 0 Å². The molecule has 0 radical (unpaired) electrons. The Morgan fingerprint density at radius 3 is 1.71 bits per heavy atom. The lowest BCUT2D eigenvalue weighted by Crippen LogP contribution is -2.28. The van der Waals surface area contributed by atoms with Crippen LogP contribution in [0.4, 0.5) is 0 Å². The SMILES string of the molecule is CC(C)(C)OC(=O)c1ccc(S)cc1C(=O)OC(C)(C)C. The van der Waals surface area contributed by atoms with Crippen LogP contribution in [0.2, 0.25) is 0 Å². The molecule has 116 valence electrons. The zero-order valence-electron chi connectivity index (χ0n) is 13.3. The molecule has 1 aromatic rings. The van der Waals surface area contributed by atoms with E-state index in [9.17, 15) is 9.59 Å². The Hall–Kier alpha value is -1.49. The first-order chi connectivity index (χ1) is 9.39. The molecular weight excluding hydrogens is 288 g/mol. The van der Waals surface area contributed by atoms with Gasteiger partial charge in [-0.25, -0.2) is 9.59 Å². The molecule has 0 atom stereocenters. The third-order valence-electron chi connectivity index (χ3n) is 2.24. The molecule has 0 unspecified atom stereocenters. The maximum absolute atomic E-state index is 12.2. The first kappa shape index (κ1) is 17.6. The Kier molecular flexibility index (Phi) is 5.10. The molecule has 0 spiro atoms. The summed E-state index contributed by atoms with van der Waals surface area (Å²) in [4.78, 5) is 25.0. The Labute approximate surface area is 131 Å². The average molecular weight is 310 g/mol. The van der Waals surface area contributed by atoms with E-state index in [4.69, 9.17) is 9.47 Å². The van der Waals surface area contributed by atoms with E-state index < -0.39 is 23.1 Å². The van der Waals surface area contributed by atoms with Crippen LogP contribution in [0.3, 0.4) is 0 Å². The predicted molar refractivity (Wildman–Crippen MR) is 84.0 cm³/mol. The average Bonchev–Trinajstić information content (AvgIpc) is 2.23. The second-order valence-corrected chi connectivity index (χ2v) is 7.25. The predicted octanol–water partition coefficient (Wildman–Crippen LogP) is 3.89. The molecule has 1 aromatic carbocycles. The van der Waals surface area contributed by atoms with E-state index in [1.165, 1.54) is 12.1 Å². The summed E-state index contributed by atoms with van der Waals surface area (Å²) in [6, 6.07) is 4.67. The minimum Gasteiger partial charge on any atom is -0.456 e. The number of ether oxygens (including phenoxy) is 2. The maximum Gasteiger partial charge on any atom is 0.339 e. The van der Waals surface area contributed by atoms with Crippen molar-refractivity contribution in [2.75, 3.05) is 0 Å². The van der Waals surface area contributed by atoms with Crippen LogP contribution in [0.15, 0.2) is 23.1 Å². The van der Waals surface area contributed by atoms with E-state index in [0.29, 0.717) is 4.90 Å². The molecule has 0 bridgehead atoms. The van der Waals surface area contributed by atoms with E-state index in [0.717, 1.165) is 0 Å². The highest BCUT2D eigenvalue weighted by Crippen LogP contribution is 2.21. The molecule has 0 aromatic heterocycles. The van der Waals surface area contributed by atoms with Crippen molar-refractivity contribution in [2.24, 2.45) is 0 Å². The van der Waals surface area contributed by atoms with Crippen LogP contribution in [0.5, 0.6) is 0 Å². The van der Waals surface area contributed by atoms with Crippen molar-refractivity contribution in [2.45, 2.75) is 57.6 Å². The number of carbonyl (C=O) groups is 2. The summed E-state index contributed by atoms with van der Waals surface area (Å²) in [5.74, 6) is -1.13. The topological polar surface area (TPSA) is 52.6 Å². The molecule has 0 aliphatic rings. The first-order valence-electron chi connectivity index (χ1n) is 6.69. The molecule has 0 heterocycles. The lowest BCUT2D eigenvalue weighted by atomic mass is 10.1. The minimum absolute atomic E-state index is 0.159. The Morgan fingerprint density at radius 2 is 1.29 bits per heavy atom. The summed E-state index contributed by atoms with van der Waals surface area (Å²) in [5.41, 5.74) is -0.944. The second-order valence-electron chi connectivity index (χ2n) is 6.73. The van der Waals surface area contributed by atoms with Gasteiger partial charge in [0.25, 0.3) is 0 Å². The Morgan fingerprint density at radius 1 is 0.857 bits per heavy atom. The van der Waals surface area contributed by atoms with E-state index in [-0.39, 0.29) is 11.1 Å². The zero-order valence-corrected chi connectivity index (χ0v) is 14.2. The van der Waals surface area contributed by atoms with Crippen LogP contribution in [-0.4, -0.2) is 23.1 Å². The van der Waals surface area contributed by atoms with Crippen molar-refractivity contribution >= 4 is 24.6 Å². The smallest absolute Gasteiger partial charge is 0.339 e. The Balaban J connectivity index is 3.17. The highest BCUT2D eigenvalue weighted by molar-refractivity contribution is 7.80. The van der Waals surface area contributed by atoms with Crippen LogP contribution in [0.1, 0.15) is 62.3 Å². The van der Waals surface area contributed by atoms with Crippen molar-refractivity contribution in [3.05, 3.63) is 29.3 Å². The number of hydrogen-bond acceptors (Lipinski definition) is 5. The van der Waals surface area contributed by atoms with Gasteiger partial charge >= 0.3 is 11.9 Å². The van der Waals surface area contributed by atoms with Gasteiger partial charge in [0.05, 0.1) is 11.1 Å². The summed E-state index contributed by atoms with van der Waals surface area (Å²) in [6.45, 7) is 10.6. The molecule has 0 saturated heterocycles. The normalized spacial score (nSPS) is 12.0. The summed E-state index contributed by atoms with van der Waals surface area (Å²) in [6.07, 6.45) is 0. The van der Waals surface area contributed by atoms with Gasteiger partial charge in [-0.2, -0.15) is 0 Å². The highest BCUT2D eigenvalue weighted by Gasteiger charge is 2.26. The van der Waals surface area contributed by atoms with Gasteiger partial charge in [-0.15, -0.1) is 12.6 Å². The van der Waals surface area contributed by atoms with Gasteiger partial charge in [0.1, 0.15) is 11.2 Å². The summed E-state index contributed by atoms with van der Waals surface area (Å²) in [5, 5.41) is 0. The van der Waals surface area contributed by atoms with E-state index >= 15 is 0 Å². The number of thiol groups is 1. The van der Waals surface area contributed by atoms with Crippen LogP contribution < -0.4 is 0 Å². The summed E-state index contributed by atoms with van der Waals surface area (Å²) < 4.78 is 10.6. The van der Waals surface area contributed by atoms with Gasteiger partial charge in [0.2, 0.25) is 0 Å². The number of benzene rings is 1. The molecule has 0 fully saturated rings. The number of rotatable bonds is 2. The first-order valence-corrected chi connectivity index (χ1v) is 7.13. The lowest BCUT2D eigenvalue weighted by Gasteiger charge is -2.22. The Bertz CT molecular complexity index is 550. The third kappa shape index (κ3) is 5.79. The fraction of sp³-hybridized carbons (Fsp3) is 0.500. The van der Waals surface area contributed by atoms with E-state index in [1.54, 1.807) is 47.6 Å². The van der Waals surface area contributed by atoms with E-state index in [2.05, 4.69) is 12.6 Å². The third-order valence-corrected chi connectivity index (χ3v) is 2.52. The largest absolute Gasteiger partial charge is 0.456 e. The summed E-state index contributed by atoms with van der Waals surface area (Å²) in [7, 11) is 0. The molecule has 4 nitrogen and oxygen atoms in total. The van der Waals surface area contributed by atoms with Crippen molar-refractivity contribution < 1.29 is 19.1 Å². The van der Waals surface area contributed by atoms with Gasteiger partial charge in [0.15, 0.2) is 0 Å². The molecule has 0 aliphatic carbocycles. The van der Waals surface area contributed by atoms with E-state index in [1.807, 2.05) is 0 Å². The molecular formula is C16H22O4S. The minimum atomic E-state index is -0.644. The van der Waals surface area contributed by atoms with Crippen LogP contribution in [-0.2, 0) is 9.47 Å². The fourth-order valence-electron chi connectivity index (χ4n) is 1.55. The molecule has 0 amide bonds. The van der Waals surface area contributed by atoms with Gasteiger partial charge in [-0.05, 0) is 59.7 Å². The van der Waals surface area contributed by atoms with Crippen molar-refractivity contribution in [1.29, 1.82) is 0 Å². The van der Waals surface area contributed by atoms with Gasteiger partial charge in [-0.3, -0.25) is 0 Å². The van der Waals surface area contributed by atoms with Crippen LogP contribution in [0, 0.1) is 0 Å². The second kappa shape index (κ2) is 6.10. The molecule has 1 rings (SSSR count). The fourth-order valence-corrected chi connectivity index (χ4v) is 1.75. The maximum atomic E-state index is 12.2. The zero-order chi connectivity index (χ0) is 16.4. The molecule has 5 heteroatoms. The number of carbonyl (C=O) groups excluding carboxylic acids is 2. The quantitative estimate of drug-likeness (QED) is 0.665. The summed E-state index contributed by atoms with van der Waals surface area (Å²) >= 11 is 4.20. The van der Waals surface area contributed by atoms with Gasteiger partial charge < -0.3 is 9.47 Å². The standard InChI is InChI=1S/C16H22O4S/c1-15(2,3)19-13(17)11-8-7-10(21)9-12(11)14(18)20-16(4,5)6/h7-9,21H,1-6H3. The van der Waals surface area contributed by atoms with Gasteiger partial charge in [-0.1, -0.05) is 0 Å². The number of esters is 2. The van der Waals surface area contributed by atoms with Crippen molar-refractivity contribution in [3.63, 3.8) is 0 Å². The molecule has 0 aliphatic heterocycles. The van der Waals surface area contributed by atoms with Crippen molar-refractivity contribution in [3.8, 4) is 0 Å². The van der Waals surface area contributed by atoms with Crippen molar-refractivity contribution in [1.82, 2.24) is 0 Å². The molecule has 0 saturated carbocycles. The van der Waals surface area contributed by atoms with Gasteiger partial charge in [0, 0.05) is 4.90 Å². The number of hydrogen-bond donors (Lipinski definition) is 1. The molecule has 21 heavy (non-hydrogen) atoms. The molecule has 0 N–H and O–H groups in total. The monoisotopic (exact) mass is 310 g/mol. The lowest BCUT2D eigenvalue weighted by molar-refractivity contribution is 0.00184. The highest BCUT2D eigenvalue weighted by atomic mass is 32.1. The van der Waals surface area contributed by atoms with Crippen LogP contribution >= 0.6 is 12.6 Å².